The molecule has 31 heavy (non-hydrogen) atoms. The van der Waals surface area contributed by atoms with Crippen LogP contribution >= 0.6 is 0 Å². The van der Waals surface area contributed by atoms with Gasteiger partial charge in [-0.2, -0.15) is 5.10 Å². The highest BCUT2D eigenvalue weighted by atomic mass is 16.5. The third kappa shape index (κ3) is 5.43. The molecule has 2 aliphatic rings. The number of nitrogens with zero attached hydrogens (tertiary/aromatic N) is 4. The number of morpholine rings is 1. The molecule has 1 saturated heterocycles. The molecule has 2 aromatic rings. The Balaban J connectivity index is 1.36. The summed E-state index contributed by atoms with van der Waals surface area (Å²) in [6, 6.07) is 8.19. The highest BCUT2D eigenvalue weighted by molar-refractivity contribution is 5.75. The van der Waals surface area contributed by atoms with E-state index in [1.54, 1.807) is 4.57 Å². The molecule has 4 rings (SSSR count). The fourth-order valence-electron chi connectivity index (χ4n) is 4.65. The van der Waals surface area contributed by atoms with Crippen LogP contribution in [0.5, 0.6) is 0 Å². The van der Waals surface area contributed by atoms with Crippen LogP contribution in [-0.4, -0.2) is 50.5 Å². The molecule has 3 heterocycles. The van der Waals surface area contributed by atoms with Crippen molar-refractivity contribution in [3.63, 3.8) is 0 Å². The molecular formula is C23H33N5O3. The minimum Gasteiger partial charge on any atom is -0.373 e. The van der Waals surface area contributed by atoms with Gasteiger partial charge in [0.05, 0.1) is 12.2 Å². The van der Waals surface area contributed by atoms with Crippen LogP contribution < -0.4 is 11.0 Å². The van der Waals surface area contributed by atoms with E-state index in [1.807, 2.05) is 18.2 Å². The number of benzene rings is 1. The monoisotopic (exact) mass is 427 g/mol. The second-order valence-corrected chi connectivity index (χ2v) is 8.82. The lowest BCUT2D eigenvalue weighted by Gasteiger charge is -2.35. The summed E-state index contributed by atoms with van der Waals surface area (Å²) in [6.45, 7) is 7.93. The lowest BCUT2D eigenvalue weighted by atomic mass is 10.1. The van der Waals surface area contributed by atoms with Gasteiger partial charge in [-0.3, -0.25) is 14.3 Å². The topological polar surface area (TPSA) is 81.4 Å². The van der Waals surface area contributed by atoms with Gasteiger partial charge in [0, 0.05) is 39.1 Å². The van der Waals surface area contributed by atoms with Crippen LogP contribution in [0.25, 0.3) is 0 Å². The van der Waals surface area contributed by atoms with Gasteiger partial charge in [-0.25, -0.2) is 9.48 Å². The van der Waals surface area contributed by atoms with Crippen molar-refractivity contribution in [2.75, 3.05) is 13.1 Å². The summed E-state index contributed by atoms with van der Waals surface area (Å²) in [5, 5.41) is 7.37. The SMILES string of the molecule is CC1CN(Cc2ccccc2CNC(=O)Cn2nc3n(c2=O)CCCCC3)CC(C)O1. The van der Waals surface area contributed by atoms with Crippen LogP contribution in [0.15, 0.2) is 29.1 Å². The van der Waals surface area contributed by atoms with E-state index in [0.29, 0.717) is 13.1 Å². The molecule has 2 unspecified atom stereocenters. The van der Waals surface area contributed by atoms with Crippen molar-refractivity contribution in [2.24, 2.45) is 0 Å². The predicted molar refractivity (Wildman–Crippen MR) is 118 cm³/mol. The molecule has 0 radical (unpaired) electrons. The zero-order valence-electron chi connectivity index (χ0n) is 18.5. The number of carbonyl (C=O) groups is 1. The van der Waals surface area contributed by atoms with Crippen LogP contribution in [0.3, 0.4) is 0 Å². The molecule has 0 bridgehead atoms. The lowest BCUT2D eigenvalue weighted by Crippen LogP contribution is -2.45. The van der Waals surface area contributed by atoms with Gasteiger partial charge in [-0.1, -0.05) is 30.7 Å². The maximum atomic E-state index is 12.6. The number of fused-ring (bicyclic) bond motifs is 1. The zero-order chi connectivity index (χ0) is 21.8. The second-order valence-electron chi connectivity index (χ2n) is 8.82. The van der Waals surface area contributed by atoms with E-state index in [0.717, 1.165) is 56.7 Å². The molecule has 168 valence electrons. The van der Waals surface area contributed by atoms with E-state index in [-0.39, 0.29) is 30.3 Å². The molecular weight excluding hydrogens is 394 g/mol. The van der Waals surface area contributed by atoms with Crippen molar-refractivity contribution in [3.8, 4) is 0 Å². The molecule has 2 atom stereocenters. The first-order valence-electron chi connectivity index (χ1n) is 11.4. The fraction of sp³-hybridized carbons (Fsp3) is 0.609. The van der Waals surface area contributed by atoms with E-state index in [1.165, 1.54) is 10.2 Å². The number of hydrogen-bond acceptors (Lipinski definition) is 5. The van der Waals surface area contributed by atoms with Gasteiger partial charge in [-0.15, -0.1) is 0 Å². The highest BCUT2D eigenvalue weighted by Gasteiger charge is 2.23. The van der Waals surface area contributed by atoms with Gasteiger partial charge in [0.25, 0.3) is 0 Å². The Morgan fingerprint density at radius 2 is 1.87 bits per heavy atom. The van der Waals surface area contributed by atoms with Crippen molar-refractivity contribution in [2.45, 2.75) is 77.9 Å². The Kier molecular flexibility index (Phi) is 6.87. The van der Waals surface area contributed by atoms with Crippen molar-refractivity contribution in [1.82, 2.24) is 24.6 Å². The van der Waals surface area contributed by atoms with Crippen LogP contribution in [0.1, 0.15) is 50.1 Å². The number of amides is 1. The summed E-state index contributed by atoms with van der Waals surface area (Å²) in [5.41, 5.74) is 2.12. The van der Waals surface area contributed by atoms with Crippen molar-refractivity contribution in [1.29, 1.82) is 0 Å². The van der Waals surface area contributed by atoms with Crippen LogP contribution in [-0.2, 0) is 42.1 Å². The fourth-order valence-corrected chi connectivity index (χ4v) is 4.65. The molecule has 0 aliphatic carbocycles. The molecule has 1 amide bonds. The van der Waals surface area contributed by atoms with Gasteiger partial charge in [0.2, 0.25) is 5.91 Å². The summed E-state index contributed by atoms with van der Waals surface area (Å²) < 4.78 is 8.86. The Hall–Kier alpha value is -2.45. The molecule has 8 heteroatoms. The van der Waals surface area contributed by atoms with E-state index >= 15 is 0 Å². The van der Waals surface area contributed by atoms with Crippen molar-refractivity contribution >= 4 is 5.91 Å². The number of carbonyl (C=O) groups excluding carboxylic acids is 1. The summed E-state index contributed by atoms with van der Waals surface area (Å²) in [6.07, 6.45) is 4.39. The first-order valence-corrected chi connectivity index (χ1v) is 11.4. The number of hydrogen-bond donors (Lipinski definition) is 1. The van der Waals surface area contributed by atoms with Crippen LogP contribution in [0.4, 0.5) is 0 Å². The van der Waals surface area contributed by atoms with Gasteiger partial charge in [-0.05, 0) is 37.8 Å². The highest BCUT2D eigenvalue weighted by Crippen LogP contribution is 2.17. The summed E-state index contributed by atoms with van der Waals surface area (Å²) in [4.78, 5) is 27.5. The second kappa shape index (κ2) is 9.78. The quantitative estimate of drug-likeness (QED) is 0.759. The minimum absolute atomic E-state index is 0.0422. The molecule has 1 fully saturated rings. The smallest absolute Gasteiger partial charge is 0.346 e. The third-order valence-corrected chi connectivity index (χ3v) is 6.06. The Morgan fingerprint density at radius 3 is 2.65 bits per heavy atom. The maximum Gasteiger partial charge on any atom is 0.346 e. The largest absolute Gasteiger partial charge is 0.373 e. The van der Waals surface area contributed by atoms with Crippen LogP contribution in [0, 0.1) is 0 Å². The molecule has 8 nitrogen and oxygen atoms in total. The summed E-state index contributed by atoms with van der Waals surface area (Å²) >= 11 is 0. The normalized spacial score (nSPS) is 22.0. The lowest BCUT2D eigenvalue weighted by molar-refractivity contribution is -0.122. The average Bonchev–Trinajstić information content (AvgIpc) is 2.89. The van der Waals surface area contributed by atoms with E-state index in [9.17, 15) is 9.59 Å². The summed E-state index contributed by atoms with van der Waals surface area (Å²) in [7, 11) is 0. The average molecular weight is 428 g/mol. The predicted octanol–water partition coefficient (Wildman–Crippen LogP) is 1.70. The molecule has 1 aromatic carbocycles. The Bertz CT molecular complexity index is 956. The van der Waals surface area contributed by atoms with Crippen LogP contribution in [0.2, 0.25) is 0 Å². The van der Waals surface area contributed by atoms with E-state index in [4.69, 9.17) is 4.74 Å². The minimum atomic E-state index is -0.196. The molecule has 0 spiro atoms. The van der Waals surface area contributed by atoms with Crippen molar-refractivity contribution in [3.05, 3.63) is 51.7 Å². The third-order valence-electron chi connectivity index (χ3n) is 6.06. The van der Waals surface area contributed by atoms with E-state index in [2.05, 4.69) is 35.2 Å². The number of aromatic nitrogens is 3. The Labute approximate surface area is 183 Å². The standard InChI is InChI=1S/C23H33N5O3/c1-17-13-26(14-18(2)31-17)15-20-9-6-5-8-19(20)12-24-22(29)16-28-23(30)27-11-7-3-4-10-21(27)25-28/h5-6,8-9,17-18H,3-4,7,10-16H2,1-2H3,(H,24,29). The molecule has 1 aromatic heterocycles. The Morgan fingerprint density at radius 1 is 1.13 bits per heavy atom. The first-order chi connectivity index (χ1) is 15.0. The van der Waals surface area contributed by atoms with Gasteiger partial charge < -0.3 is 10.1 Å². The molecule has 1 N–H and O–H groups in total. The number of nitrogens with one attached hydrogen (secondary N) is 1. The number of rotatable bonds is 6. The van der Waals surface area contributed by atoms with Crippen molar-refractivity contribution < 1.29 is 9.53 Å². The number of ether oxygens (including phenoxy) is 1. The van der Waals surface area contributed by atoms with Gasteiger partial charge in [0.15, 0.2) is 0 Å². The first kappa shape index (κ1) is 21.8. The van der Waals surface area contributed by atoms with Gasteiger partial charge in [0.1, 0.15) is 12.4 Å². The summed E-state index contributed by atoms with van der Waals surface area (Å²) in [5.74, 6) is 0.605. The number of aryl methyl sites for hydroxylation is 1. The molecule has 0 saturated carbocycles. The van der Waals surface area contributed by atoms with Gasteiger partial charge >= 0.3 is 5.69 Å². The molecule has 2 aliphatic heterocycles. The zero-order valence-corrected chi connectivity index (χ0v) is 18.5. The van der Waals surface area contributed by atoms with E-state index < -0.39 is 0 Å². The maximum absolute atomic E-state index is 12.6.